The maximum absolute atomic E-state index is 12.7. The lowest BCUT2D eigenvalue weighted by Crippen LogP contribution is -2.38. The van der Waals surface area contributed by atoms with E-state index in [4.69, 9.17) is 17.3 Å². The predicted octanol–water partition coefficient (Wildman–Crippen LogP) is 0.718. The zero-order valence-corrected chi connectivity index (χ0v) is 12.0. The monoisotopic (exact) mass is 313 g/mol. The number of nitrogens with two attached hydrogens (primary N) is 1. The van der Waals surface area contributed by atoms with Crippen LogP contribution in [0.5, 0.6) is 0 Å². The minimum atomic E-state index is -3.75. The van der Waals surface area contributed by atoms with E-state index in [0.29, 0.717) is 18.9 Å². The number of halogens is 1. The molecule has 0 saturated carbocycles. The average Bonchev–Trinajstić information content (AvgIpc) is 2.85. The first kappa shape index (κ1) is 13.3. The number of benzene rings is 1. The predicted molar refractivity (Wildman–Crippen MR) is 73.5 cm³/mol. The van der Waals surface area contributed by atoms with Gasteiger partial charge in [-0.05, 0) is 12.1 Å². The molecule has 2 aromatic rings. The van der Waals surface area contributed by atoms with Crippen molar-refractivity contribution in [2.24, 2.45) is 0 Å². The molecule has 106 valence electrons. The van der Waals surface area contributed by atoms with E-state index in [1.165, 1.54) is 16.4 Å². The molecule has 0 amide bonds. The fourth-order valence-corrected chi connectivity index (χ4v) is 4.20. The van der Waals surface area contributed by atoms with Gasteiger partial charge in [0.1, 0.15) is 17.0 Å². The van der Waals surface area contributed by atoms with E-state index >= 15 is 0 Å². The summed E-state index contributed by atoms with van der Waals surface area (Å²) < 4.78 is 28.5. The van der Waals surface area contributed by atoms with Gasteiger partial charge in [-0.15, -0.1) is 10.2 Å². The molecule has 0 saturated heterocycles. The fraction of sp³-hybridized carbons (Fsp3) is 0.273. The van der Waals surface area contributed by atoms with Crippen molar-refractivity contribution in [3.05, 3.63) is 35.4 Å². The number of hydrogen-bond donors (Lipinski definition) is 1. The molecule has 3 rings (SSSR count). The van der Waals surface area contributed by atoms with Gasteiger partial charge < -0.3 is 10.3 Å². The standard InChI is InChI=1S/C11H12ClN5O2S/c12-8-2-1-3-9(13)11(8)20(18,19)17-5-4-16-7-14-15-10(16)6-17/h1-3,7H,4-6,13H2. The van der Waals surface area contributed by atoms with Crippen molar-refractivity contribution in [3.8, 4) is 0 Å². The Bertz CT molecular complexity index is 738. The molecule has 1 aliphatic rings. The lowest BCUT2D eigenvalue weighted by Gasteiger charge is -2.27. The molecule has 2 heterocycles. The number of nitrogen functional groups attached to an aromatic ring is 1. The van der Waals surface area contributed by atoms with Gasteiger partial charge in [0.2, 0.25) is 10.0 Å². The third-order valence-electron chi connectivity index (χ3n) is 3.20. The number of hydrogen-bond acceptors (Lipinski definition) is 5. The Morgan fingerprint density at radius 1 is 1.30 bits per heavy atom. The molecule has 2 N–H and O–H groups in total. The van der Waals surface area contributed by atoms with E-state index in [2.05, 4.69) is 10.2 Å². The summed E-state index contributed by atoms with van der Waals surface area (Å²) in [6.07, 6.45) is 1.59. The van der Waals surface area contributed by atoms with Crippen molar-refractivity contribution >= 4 is 27.3 Å². The summed E-state index contributed by atoms with van der Waals surface area (Å²) in [7, 11) is -3.75. The maximum Gasteiger partial charge on any atom is 0.247 e. The first-order valence-electron chi connectivity index (χ1n) is 5.91. The van der Waals surface area contributed by atoms with Gasteiger partial charge in [0.25, 0.3) is 0 Å². The summed E-state index contributed by atoms with van der Waals surface area (Å²) in [5.41, 5.74) is 5.91. The van der Waals surface area contributed by atoms with Crippen LogP contribution < -0.4 is 5.73 Å². The topological polar surface area (TPSA) is 94.1 Å². The minimum Gasteiger partial charge on any atom is -0.398 e. The highest BCUT2D eigenvalue weighted by atomic mass is 35.5. The number of rotatable bonds is 2. The van der Waals surface area contributed by atoms with Crippen LogP contribution in [0.15, 0.2) is 29.4 Å². The van der Waals surface area contributed by atoms with Crippen molar-refractivity contribution in [1.29, 1.82) is 0 Å². The summed E-state index contributed by atoms with van der Waals surface area (Å²) in [5.74, 6) is 0.602. The normalized spacial score (nSPS) is 16.1. The number of aromatic nitrogens is 3. The molecule has 0 unspecified atom stereocenters. The maximum atomic E-state index is 12.7. The number of fused-ring (bicyclic) bond motifs is 1. The van der Waals surface area contributed by atoms with Crippen molar-refractivity contribution in [3.63, 3.8) is 0 Å². The Hall–Kier alpha value is -1.64. The molecule has 0 atom stereocenters. The van der Waals surface area contributed by atoms with Gasteiger partial charge >= 0.3 is 0 Å². The molecule has 1 aromatic carbocycles. The molecule has 20 heavy (non-hydrogen) atoms. The smallest absolute Gasteiger partial charge is 0.247 e. The van der Waals surface area contributed by atoms with E-state index in [0.717, 1.165) is 0 Å². The zero-order chi connectivity index (χ0) is 14.3. The highest BCUT2D eigenvalue weighted by Gasteiger charge is 2.32. The van der Waals surface area contributed by atoms with Crippen LogP contribution in [0.4, 0.5) is 5.69 Å². The molecular weight excluding hydrogens is 302 g/mol. The molecular formula is C11H12ClN5O2S. The number of sulfonamides is 1. The minimum absolute atomic E-state index is 0.0466. The number of nitrogens with zero attached hydrogens (tertiary/aromatic N) is 4. The van der Waals surface area contributed by atoms with Gasteiger partial charge in [0, 0.05) is 13.1 Å². The van der Waals surface area contributed by atoms with Crippen LogP contribution in [0.1, 0.15) is 5.82 Å². The van der Waals surface area contributed by atoms with E-state index in [1.807, 2.05) is 4.57 Å². The second-order valence-corrected chi connectivity index (χ2v) is 6.72. The lowest BCUT2D eigenvalue weighted by atomic mass is 10.3. The zero-order valence-electron chi connectivity index (χ0n) is 10.4. The van der Waals surface area contributed by atoms with Crippen LogP contribution in [-0.4, -0.2) is 34.0 Å². The van der Waals surface area contributed by atoms with Gasteiger partial charge in [-0.25, -0.2) is 8.42 Å². The molecule has 9 heteroatoms. The van der Waals surface area contributed by atoms with Crippen LogP contribution in [0, 0.1) is 0 Å². The largest absolute Gasteiger partial charge is 0.398 e. The summed E-state index contributed by atoms with van der Waals surface area (Å²) in [6, 6.07) is 4.64. The Balaban J connectivity index is 2.02. The van der Waals surface area contributed by atoms with E-state index in [1.54, 1.807) is 12.4 Å². The molecule has 0 fully saturated rings. The Labute approximate surface area is 121 Å². The van der Waals surface area contributed by atoms with Gasteiger partial charge in [-0.2, -0.15) is 4.31 Å². The van der Waals surface area contributed by atoms with Gasteiger partial charge in [0.05, 0.1) is 17.3 Å². The van der Waals surface area contributed by atoms with Crippen molar-refractivity contribution in [2.45, 2.75) is 18.0 Å². The van der Waals surface area contributed by atoms with Crippen molar-refractivity contribution in [2.75, 3.05) is 12.3 Å². The first-order chi connectivity index (χ1) is 9.50. The van der Waals surface area contributed by atoms with Crippen LogP contribution in [0.3, 0.4) is 0 Å². The molecule has 0 spiro atoms. The Kier molecular flexibility index (Phi) is 3.15. The van der Waals surface area contributed by atoms with Crippen LogP contribution in [-0.2, 0) is 23.1 Å². The van der Waals surface area contributed by atoms with Gasteiger partial charge in [-0.3, -0.25) is 0 Å². The lowest BCUT2D eigenvalue weighted by molar-refractivity contribution is 0.335. The van der Waals surface area contributed by atoms with E-state index < -0.39 is 10.0 Å². The summed E-state index contributed by atoms with van der Waals surface area (Å²) in [5, 5.41) is 7.79. The fourth-order valence-electron chi connectivity index (χ4n) is 2.18. The SMILES string of the molecule is Nc1cccc(Cl)c1S(=O)(=O)N1CCn2cnnc2C1. The highest BCUT2D eigenvalue weighted by molar-refractivity contribution is 7.89. The van der Waals surface area contributed by atoms with Crippen molar-refractivity contribution < 1.29 is 8.42 Å². The quantitative estimate of drug-likeness (QED) is 0.824. The van der Waals surface area contributed by atoms with Gasteiger partial charge in [0.15, 0.2) is 0 Å². The van der Waals surface area contributed by atoms with E-state index in [9.17, 15) is 8.42 Å². The summed E-state index contributed by atoms with van der Waals surface area (Å²) in [4.78, 5) is -0.0466. The molecule has 1 aliphatic heterocycles. The Morgan fingerprint density at radius 3 is 2.85 bits per heavy atom. The molecule has 0 radical (unpaired) electrons. The van der Waals surface area contributed by atoms with Crippen LogP contribution >= 0.6 is 11.6 Å². The third kappa shape index (κ3) is 2.05. The highest BCUT2D eigenvalue weighted by Crippen LogP contribution is 2.31. The molecule has 0 bridgehead atoms. The second-order valence-electron chi connectivity index (χ2n) is 4.44. The summed E-state index contributed by atoms with van der Waals surface area (Å²) >= 11 is 5.99. The first-order valence-corrected chi connectivity index (χ1v) is 7.73. The van der Waals surface area contributed by atoms with Gasteiger partial charge in [-0.1, -0.05) is 17.7 Å². The second kappa shape index (κ2) is 4.72. The molecule has 0 aliphatic carbocycles. The van der Waals surface area contributed by atoms with E-state index in [-0.39, 0.29) is 22.2 Å². The molecule has 1 aromatic heterocycles. The van der Waals surface area contributed by atoms with Crippen LogP contribution in [0.25, 0.3) is 0 Å². The third-order valence-corrected chi connectivity index (χ3v) is 5.59. The van der Waals surface area contributed by atoms with Crippen molar-refractivity contribution in [1.82, 2.24) is 19.1 Å². The Morgan fingerprint density at radius 2 is 2.10 bits per heavy atom. The van der Waals surface area contributed by atoms with Crippen LogP contribution in [0.2, 0.25) is 5.02 Å². The average molecular weight is 314 g/mol. The summed E-state index contributed by atoms with van der Waals surface area (Å²) in [6.45, 7) is 0.997. The number of anilines is 1. The molecule has 7 nitrogen and oxygen atoms in total.